The van der Waals surface area contributed by atoms with E-state index >= 15 is 0 Å². The van der Waals surface area contributed by atoms with Crippen molar-refractivity contribution in [3.05, 3.63) is 36.7 Å². The maximum Gasteiger partial charge on any atom is 0.365 e. The maximum absolute atomic E-state index is 10.7. The molecule has 1 unspecified atom stereocenters. The maximum atomic E-state index is 10.7. The lowest BCUT2D eigenvalue weighted by atomic mass is 10.1. The number of rotatable bonds is 3. The van der Waals surface area contributed by atoms with E-state index < -0.39 is 8.25 Å². The molecule has 122 valence electrons. The van der Waals surface area contributed by atoms with Crippen molar-refractivity contribution < 1.29 is 19.1 Å². The van der Waals surface area contributed by atoms with E-state index in [9.17, 15) is 9.67 Å². The third-order valence-corrected chi connectivity index (χ3v) is 3.63. The molecule has 0 saturated carbocycles. The monoisotopic (exact) mass is 334 g/mol. The van der Waals surface area contributed by atoms with E-state index in [1.807, 2.05) is 0 Å². The Morgan fingerprint density at radius 3 is 2.52 bits per heavy atom. The highest BCUT2D eigenvalue weighted by atomic mass is 31.1. The van der Waals surface area contributed by atoms with Gasteiger partial charge in [0.15, 0.2) is 0 Å². The number of fused-ring (bicyclic) bond motifs is 3. The number of aromatic hydroxyl groups is 1. The summed E-state index contributed by atoms with van der Waals surface area (Å²) in [6.07, 6.45) is 5.49. The SMILES string of the molecule is CCCC.O=[PH](O)Oc1cnc2c(ccc3c(O)ccnc32)c1. The molecule has 2 heterocycles. The van der Waals surface area contributed by atoms with Crippen LogP contribution >= 0.6 is 8.25 Å². The molecule has 0 aliphatic heterocycles. The predicted octanol–water partition coefficient (Wildman–Crippen LogP) is 4.06. The summed E-state index contributed by atoms with van der Waals surface area (Å²) in [5.41, 5.74) is 1.17. The van der Waals surface area contributed by atoms with Crippen molar-refractivity contribution in [2.24, 2.45) is 0 Å². The van der Waals surface area contributed by atoms with Crippen molar-refractivity contribution in [1.29, 1.82) is 0 Å². The summed E-state index contributed by atoms with van der Waals surface area (Å²) < 4.78 is 15.4. The van der Waals surface area contributed by atoms with Crippen LogP contribution in [0, 0.1) is 0 Å². The zero-order chi connectivity index (χ0) is 16.8. The van der Waals surface area contributed by atoms with Crippen molar-refractivity contribution >= 4 is 30.1 Å². The summed E-state index contributed by atoms with van der Waals surface area (Å²) in [5, 5.41) is 11.1. The summed E-state index contributed by atoms with van der Waals surface area (Å²) in [6.45, 7) is 4.36. The van der Waals surface area contributed by atoms with Crippen LogP contribution in [0.1, 0.15) is 26.7 Å². The van der Waals surface area contributed by atoms with Crippen LogP contribution in [0.5, 0.6) is 11.5 Å². The van der Waals surface area contributed by atoms with E-state index in [4.69, 9.17) is 9.42 Å². The Hall–Kier alpha value is -2.17. The van der Waals surface area contributed by atoms with Gasteiger partial charge in [-0.05, 0) is 18.2 Å². The second-order valence-corrected chi connectivity index (χ2v) is 5.64. The minimum atomic E-state index is -3.05. The van der Waals surface area contributed by atoms with Crippen molar-refractivity contribution in [3.63, 3.8) is 0 Å². The summed E-state index contributed by atoms with van der Waals surface area (Å²) in [4.78, 5) is 17.1. The van der Waals surface area contributed by atoms with E-state index in [1.54, 1.807) is 18.2 Å². The van der Waals surface area contributed by atoms with Gasteiger partial charge in [-0.15, -0.1) is 0 Å². The van der Waals surface area contributed by atoms with E-state index in [2.05, 4.69) is 23.8 Å². The Morgan fingerprint density at radius 2 is 1.87 bits per heavy atom. The van der Waals surface area contributed by atoms with Crippen molar-refractivity contribution in [2.45, 2.75) is 26.7 Å². The molecule has 0 spiro atoms. The lowest BCUT2D eigenvalue weighted by Crippen LogP contribution is -1.87. The van der Waals surface area contributed by atoms with Gasteiger partial charge < -0.3 is 14.5 Å². The van der Waals surface area contributed by atoms with Gasteiger partial charge in [-0.1, -0.05) is 32.8 Å². The van der Waals surface area contributed by atoms with Gasteiger partial charge in [0, 0.05) is 17.0 Å². The minimum Gasteiger partial charge on any atom is -0.507 e. The van der Waals surface area contributed by atoms with Gasteiger partial charge in [0.2, 0.25) is 0 Å². The lowest BCUT2D eigenvalue weighted by molar-refractivity contribution is 0.410. The normalized spacial score (nSPS) is 11.8. The molecule has 3 rings (SSSR count). The zero-order valence-corrected chi connectivity index (χ0v) is 14.0. The number of benzene rings is 1. The molecule has 0 radical (unpaired) electrons. The summed E-state index contributed by atoms with van der Waals surface area (Å²) in [7, 11) is -3.05. The number of pyridine rings is 2. The lowest BCUT2D eigenvalue weighted by Gasteiger charge is -2.06. The van der Waals surface area contributed by atoms with Crippen LogP contribution in [-0.2, 0) is 4.57 Å². The molecule has 23 heavy (non-hydrogen) atoms. The molecule has 0 aliphatic rings. The van der Waals surface area contributed by atoms with Crippen LogP contribution in [0.2, 0.25) is 0 Å². The van der Waals surface area contributed by atoms with Crippen molar-refractivity contribution in [2.75, 3.05) is 0 Å². The number of aromatic nitrogens is 2. The largest absolute Gasteiger partial charge is 0.507 e. The second kappa shape index (κ2) is 7.90. The molecule has 0 fully saturated rings. The molecule has 2 N–H and O–H groups in total. The highest BCUT2D eigenvalue weighted by Crippen LogP contribution is 2.31. The predicted molar refractivity (Wildman–Crippen MR) is 91.1 cm³/mol. The second-order valence-electron chi connectivity index (χ2n) is 4.90. The summed E-state index contributed by atoms with van der Waals surface area (Å²) >= 11 is 0. The van der Waals surface area contributed by atoms with Crippen LogP contribution in [0.15, 0.2) is 36.7 Å². The molecule has 0 bridgehead atoms. The highest BCUT2D eigenvalue weighted by Gasteiger charge is 2.08. The van der Waals surface area contributed by atoms with E-state index in [-0.39, 0.29) is 11.5 Å². The molecule has 0 amide bonds. The van der Waals surface area contributed by atoms with Crippen molar-refractivity contribution in [1.82, 2.24) is 9.97 Å². The Kier molecular flexibility index (Phi) is 5.90. The van der Waals surface area contributed by atoms with Crippen LogP contribution in [0.4, 0.5) is 0 Å². The van der Waals surface area contributed by atoms with Crippen molar-refractivity contribution in [3.8, 4) is 11.5 Å². The fourth-order valence-electron chi connectivity index (χ4n) is 1.93. The quantitative estimate of drug-likeness (QED) is 0.554. The molecule has 6 nitrogen and oxygen atoms in total. The summed E-state index contributed by atoms with van der Waals surface area (Å²) in [6, 6.07) is 6.57. The fraction of sp³-hybridized carbons (Fsp3) is 0.250. The van der Waals surface area contributed by atoms with Gasteiger partial charge >= 0.3 is 8.25 Å². The van der Waals surface area contributed by atoms with Crippen LogP contribution in [-0.4, -0.2) is 20.0 Å². The molecule has 7 heteroatoms. The first-order valence-electron chi connectivity index (χ1n) is 7.34. The number of hydrogen-bond donors (Lipinski definition) is 2. The topological polar surface area (TPSA) is 92.5 Å². The molecular formula is C16H19N2O4P. The first-order valence-corrected chi connectivity index (χ1v) is 8.60. The van der Waals surface area contributed by atoms with Gasteiger partial charge in [-0.2, -0.15) is 0 Å². The smallest absolute Gasteiger partial charge is 0.365 e. The van der Waals surface area contributed by atoms with E-state index in [0.717, 1.165) is 0 Å². The first-order chi connectivity index (χ1) is 11.1. The molecule has 3 aromatic rings. The third kappa shape index (κ3) is 4.18. The number of hydrogen-bond acceptors (Lipinski definition) is 5. The van der Waals surface area contributed by atoms with Gasteiger partial charge in [-0.25, -0.2) is 4.57 Å². The van der Waals surface area contributed by atoms with Gasteiger partial charge in [-0.3, -0.25) is 9.97 Å². The average Bonchev–Trinajstić information content (AvgIpc) is 2.54. The molecule has 0 aliphatic carbocycles. The van der Waals surface area contributed by atoms with Gasteiger partial charge in [0.1, 0.15) is 17.0 Å². The zero-order valence-electron chi connectivity index (χ0n) is 13.0. The van der Waals surface area contributed by atoms with Crippen LogP contribution in [0.25, 0.3) is 21.8 Å². The van der Waals surface area contributed by atoms with Gasteiger partial charge in [0.05, 0.1) is 11.7 Å². The first kappa shape index (κ1) is 17.2. The Labute approximate surface area is 134 Å². The molecular weight excluding hydrogens is 315 g/mol. The Bertz CT molecular complexity index is 837. The molecule has 0 saturated heterocycles. The molecule has 1 atom stereocenters. The molecule has 2 aromatic heterocycles. The highest BCUT2D eigenvalue weighted by molar-refractivity contribution is 7.32. The minimum absolute atomic E-state index is 0.134. The standard InChI is InChI=1S/C12H9N2O4P.C4H10/c15-10-3-4-13-12-9(10)2-1-7-5-8(18-19(16)17)6-14-11(7)12;1-3-4-2/h1-6,19H,(H,13,15)(H,16,17);3-4H2,1-2H3. The van der Waals surface area contributed by atoms with Gasteiger partial charge in [0.25, 0.3) is 0 Å². The van der Waals surface area contributed by atoms with E-state index in [1.165, 1.54) is 31.3 Å². The average molecular weight is 334 g/mol. The fourth-order valence-corrected chi connectivity index (χ4v) is 2.25. The number of nitrogens with zero attached hydrogens (tertiary/aromatic N) is 2. The van der Waals surface area contributed by atoms with E-state index in [0.29, 0.717) is 21.8 Å². The van der Waals surface area contributed by atoms with Crippen LogP contribution < -0.4 is 4.52 Å². The third-order valence-electron chi connectivity index (χ3n) is 3.22. The Balaban J connectivity index is 0.000000433. The van der Waals surface area contributed by atoms with Crippen LogP contribution in [0.3, 0.4) is 0 Å². The Morgan fingerprint density at radius 1 is 1.13 bits per heavy atom. The number of unbranched alkanes of at least 4 members (excludes halogenated alkanes) is 1. The summed E-state index contributed by atoms with van der Waals surface area (Å²) in [5.74, 6) is 0.354. The molecule has 1 aromatic carbocycles.